The normalized spacial score (nSPS) is 13.7. The number of para-hydroxylation sites is 2. The molecule has 3 heterocycles. The van der Waals surface area contributed by atoms with Gasteiger partial charge in [-0.1, -0.05) is 74.5 Å². The van der Waals surface area contributed by atoms with Crippen molar-refractivity contribution >= 4 is 21.8 Å². The van der Waals surface area contributed by atoms with Crippen LogP contribution in [0.15, 0.2) is 103 Å². The summed E-state index contributed by atoms with van der Waals surface area (Å²) in [6, 6.07) is 33.9. The number of rotatable bonds is 2. The molecule has 0 aliphatic heterocycles. The smallest absolute Gasteiger partial charge is 0.0746 e. The second-order valence-corrected chi connectivity index (χ2v) is 9.78. The third-order valence-corrected chi connectivity index (χ3v) is 7.30. The Hall–Kier alpha value is -4.37. The lowest BCUT2D eigenvalue weighted by atomic mass is 9.82. The van der Waals surface area contributed by atoms with Gasteiger partial charge >= 0.3 is 0 Å². The summed E-state index contributed by atoms with van der Waals surface area (Å²) in [7, 11) is 0. The third kappa shape index (κ3) is 3.08. The van der Waals surface area contributed by atoms with Crippen LogP contribution in [0.1, 0.15) is 25.0 Å². The SMILES string of the molecule is CC1(C)c2ccc(-c3ccc4ccccc4n3)cc2-c2ncc(-c3ccc4ccccc4n3)cc21. The number of aromatic nitrogens is 3. The van der Waals surface area contributed by atoms with E-state index in [2.05, 4.69) is 86.6 Å². The molecule has 0 radical (unpaired) electrons. The Balaban J connectivity index is 1.34. The Morgan fingerprint density at radius 1 is 0.571 bits per heavy atom. The molecule has 3 aromatic heterocycles. The van der Waals surface area contributed by atoms with E-state index >= 15 is 0 Å². The minimum absolute atomic E-state index is 0.139. The third-order valence-electron chi connectivity index (χ3n) is 7.30. The van der Waals surface area contributed by atoms with Crippen molar-refractivity contribution in [3.05, 3.63) is 114 Å². The Bertz CT molecular complexity index is 1780. The largest absolute Gasteiger partial charge is 0.255 e. The van der Waals surface area contributed by atoms with Gasteiger partial charge in [-0.15, -0.1) is 0 Å². The van der Waals surface area contributed by atoms with Crippen LogP contribution in [-0.4, -0.2) is 15.0 Å². The van der Waals surface area contributed by atoms with Crippen LogP contribution < -0.4 is 0 Å². The first-order valence-electron chi connectivity index (χ1n) is 12.0. The molecule has 0 amide bonds. The average Bonchev–Trinajstić information content (AvgIpc) is 3.13. The van der Waals surface area contributed by atoms with Crippen molar-refractivity contribution in [2.24, 2.45) is 0 Å². The van der Waals surface area contributed by atoms with Crippen LogP contribution in [-0.2, 0) is 5.41 Å². The highest BCUT2D eigenvalue weighted by molar-refractivity contribution is 5.86. The van der Waals surface area contributed by atoms with Crippen LogP contribution in [0, 0.1) is 0 Å². The molecule has 1 aliphatic carbocycles. The van der Waals surface area contributed by atoms with Crippen molar-refractivity contribution in [3.63, 3.8) is 0 Å². The molecule has 0 saturated heterocycles. The highest BCUT2D eigenvalue weighted by Crippen LogP contribution is 2.49. The van der Waals surface area contributed by atoms with E-state index in [0.29, 0.717) is 0 Å². The van der Waals surface area contributed by atoms with Crippen LogP contribution >= 0.6 is 0 Å². The fourth-order valence-corrected chi connectivity index (χ4v) is 5.34. The van der Waals surface area contributed by atoms with Crippen LogP contribution in [0.3, 0.4) is 0 Å². The van der Waals surface area contributed by atoms with Crippen molar-refractivity contribution in [2.45, 2.75) is 19.3 Å². The molecule has 7 rings (SSSR count). The van der Waals surface area contributed by atoms with E-state index in [9.17, 15) is 0 Å². The Kier molecular flexibility index (Phi) is 4.19. The Morgan fingerprint density at radius 2 is 1.20 bits per heavy atom. The monoisotopic (exact) mass is 449 g/mol. The highest BCUT2D eigenvalue weighted by Gasteiger charge is 2.37. The van der Waals surface area contributed by atoms with Crippen LogP contribution in [0.4, 0.5) is 0 Å². The topological polar surface area (TPSA) is 38.7 Å². The van der Waals surface area contributed by atoms with Gasteiger partial charge in [0.2, 0.25) is 0 Å². The molecule has 0 N–H and O–H groups in total. The van der Waals surface area contributed by atoms with Gasteiger partial charge in [-0.3, -0.25) is 4.98 Å². The van der Waals surface area contributed by atoms with Gasteiger partial charge in [-0.25, -0.2) is 9.97 Å². The first-order chi connectivity index (χ1) is 17.1. The van der Waals surface area contributed by atoms with Crippen LogP contribution in [0.2, 0.25) is 0 Å². The molecule has 35 heavy (non-hydrogen) atoms. The summed E-state index contributed by atoms with van der Waals surface area (Å²) in [6.45, 7) is 4.57. The lowest BCUT2D eigenvalue weighted by Crippen LogP contribution is -2.15. The van der Waals surface area contributed by atoms with E-state index in [1.165, 1.54) is 16.7 Å². The number of pyridine rings is 3. The fourth-order valence-electron chi connectivity index (χ4n) is 5.34. The molecule has 0 saturated carbocycles. The number of hydrogen-bond acceptors (Lipinski definition) is 3. The molecule has 0 unspecified atom stereocenters. The van der Waals surface area contributed by atoms with Gasteiger partial charge < -0.3 is 0 Å². The van der Waals surface area contributed by atoms with Crippen molar-refractivity contribution in [2.75, 3.05) is 0 Å². The van der Waals surface area contributed by atoms with Gasteiger partial charge in [0, 0.05) is 39.1 Å². The molecule has 1 aliphatic rings. The van der Waals surface area contributed by atoms with Gasteiger partial charge in [0.25, 0.3) is 0 Å². The number of fused-ring (bicyclic) bond motifs is 5. The average molecular weight is 450 g/mol. The standard InChI is InChI=1S/C32H23N3/c1-32(2)25-14-11-22(29-15-12-20-7-3-5-9-27(20)34-29)17-24(25)31-26(32)18-23(19-33-31)30-16-13-21-8-4-6-10-28(21)35-30/h3-19H,1-2H3. The minimum Gasteiger partial charge on any atom is -0.255 e. The first kappa shape index (κ1) is 20.0. The summed E-state index contributed by atoms with van der Waals surface area (Å²) < 4.78 is 0. The van der Waals surface area contributed by atoms with E-state index in [1.807, 2.05) is 30.5 Å². The molecule has 166 valence electrons. The maximum atomic E-state index is 4.98. The number of hydrogen-bond donors (Lipinski definition) is 0. The predicted octanol–water partition coefficient (Wildman–Crippen LogP) is 7.82. The fraction of sp³-hybridized carbons (Fsp3) is 0.0938. The van der Waals surface area contributed by atoms with Gasteiger partial charge in [-0.2, -0.15) is 0 Å². The van der Waals surface area contributed by atoms with Crippen LogP contribution in [0.5, 0.6) is 0 Å². The molecule has 3 heteroatoms. The first-order valence-corrected chi connectivity index (χ1v) is 12.0. The van der Waals surface area contributed by atoms with Crippen molar-refractivity contribution < 1.29 is 0 Å². The zero-order valence-electron chi connectivity index (χ0n) is 19.7. The maximum Gasteiger partial charge on any atom is 0.0746 e. The molecule has 6 aromatic rings. The van der Waals surface area contributed by atoms with E-state index in [-0.39, 0.29) is 5.41 Å². The van der Waals surface area contributed by atoms with Gasteiger partial charge in [0.1, 0.15) is 0 Å². The maximum absolute atomic E-state index is 4.98. The zero-order chi connectivity index (χ0) is 23.6. The summed E-state index contributed by atoms with van der Waals surface area (Å²) in [4.78, 5) is 14.8. The molecule has 0 atom stereocenters. The summed E-state index contributed by atoms with van der Waals surface area (Å²) in [6.07, 6.45) is 1.96. The van der Waals surface area contributed by atoms with Crippen molar-refractivity contribution in [1.82, 2.24) is 15.0 Å². The summed E-state index contributed by atoms with van der Waals surface area (Å²) in [5, 5.41) is 2.30. The molecule has 3 aromatic carbocycles. The quantitative estimate of drug-likeness (QED) is 0.270. The molecule has 0 bridgehead atoms. The van der Waals surface area contributed by atoms with E-state index < -0.39 is 0 Å². The highest BCUT2D eigenvalue weighted by atomic mass is 14.7. The minimum atomic E-state index is -0.139. The molecular weight excluding hydrogens is 426 g/mol. The lowest BCUT2D eigenvalue weighted by Gasteiger charge is -2.21. The second kappa shape index (κ2) is 7.31. The number of nitrogens with zero attached hydrogens (tertiary/aromatic N) is 3. The van der Waals surface area contributed by atoms with E-state index in [0.717, 1.165) is 50.0 Å². The second-order valence-electron chi connectivity index (χ2n) is 9.78. The van der Waals surface area contributed by atoms with Crippen molar-refractivity contribution in [1.29, 1.82) is 0 Å². The molecule has 0 spiro atoms. The molecule has 3 nitrogen and oxygen atoms in total. The van der Waals surface area contributed by atoms with Gasteiger partial charge in [-0.05, 0) is 47.5 Å². The zero-order valence-corrected chi connectivity index (χ0v) is 19.7. The predicted molar refractivity (Wildman–Crippen MR) is 143 cm³/mol. The van der Waals surface area contributed by atoms with Gasteiger partial charge in [0.05, 0.1) is 28.1 Å². The van der Waals surface area contributed by atoms with E-state index in [1.54, 1.807) is 0 Å². The molecule has 0 fully saturated rings. The Labute approximate surface area is 204 Å². The Morgan fingerprint density at radius 3 is 1.89 bits per heavy atom. The summed E-state index contributed by atoms with van der Waals surface area (Å²) >= 11 is 0. The number of benzene rings is 3. The van der Waals surface area contributed by atoms with Crippen molar-refractivity contribution in [3.8, 4) is 33.8 Å². The van der Waals surface area contributed by atoms with Crippen LogP contribution in [0.25, 0.3) is 55.6 Å². The van der Waals surface area contributed by atoms with Gasteiger partial charge in [0.15, 0.2) is 0 Å². The molecular formula is C32H23N3. The summed E-state index contributed by atoms with van der Waals surface area (Å²) in [5.41, 5.74) is 10.7. The summed E-state index contributed by atoms with van der Waals surface area (Å²) in [5.74, 6) is 0. The van der Waals surface area contributed by atoms with E-state index in [4.69, 9.17) is 15.0 Å². The lowest BCUT2D eigenvalue weighted by molar-refractivity contribution is 0.659.